The number of pyridine rings is 1. The fourth-order valence-electron chi connectivity index (χ4n) is 3.96. The van der Waals surface area contributed by atoms with Crippen molar-refractivity contribution < 1.29 is 4.79 Å². The molecular weight excluding hydrogens is 298 g/mol. The zero-order valence-electron chi connectivity index (χ0n) is 14.0. The summed E-state index contributed by atoms with van der Waals surface area (Å²) in [6.45, 7) is 2.10. The number of aromatic nitrogens is 1. The van der Waals surface area contributed by atoms with Crippen molar-refractivity contribution in [2.45, 2.75) is 51.1 Å². The van der Waals surface area contributed by atoms with E-state index in [1.165, 1.54) is 31.2 Å². The molecule has 0 saturated heterocycles. The van der Waals surface area contributed by atoms with Crippen molar-refractivity contribution >= 4 is 17.3 Å². The number of anilines is 2. The molecule has 1 amide bonds. The molecule has 2 aromatic rings. The lowest BCUT2D eigenvalue weighted by molar-refractivity contribution is 0.0981. The first-order valence-electron chi connectivity index (χ1n) is 8.85. The maximum atomic E-state index is 13.1. The molecule has 124 valence electrons. The molecule has 1 unspecified atom stereocenters. The van der Waals surface area contributed by atoms with Crippen LogP contribution < -0.4 is 10.2 Å². The predicted octanol–water partition coefficient (Wildman–Crippen LogP) is 4.03. The monoisotopic (exact) mass is 321 g/mol. The van der Waals surface area contributed by atoms with Crippen molar-refractivity contribution in [2.24, 2.45) is 0 Å². The van der Waals surface area contributed by atoms with Crippen LogP contribution in [-0.4, -0.2) is 23.0 Å². The summed E-state index contributed by atoms with van der Waals surface area (Å²) in [5.74, 6) is 0.0371. The summed E-state index contributed by atoms with van der Waals surface area (Å²) in [6.07, 6.45) is 9.38. The summed E-state index contributed by atoms with van der Waals surface area (Å²) in [5, 5.41) is 3.52. The summed E-state index contributed by atoms with van der Waals surface area (Å²) >= 11 is 0. The normalized spacial score (nSPS) is 20.2. The molecule has 0 bridgehead atoms. The standard InChI is InChI=1S/C20H23N3O/c1-14-10-15-6-2-5-9-19(15)23(14)20(24)16-11-18(13-21-12-16)22-17-7-3-4-8-17/h2,5-6,9,11-14,17,22H,3-4,7-8,10H2,1H3. The minimum absolute atomic E-state index is 0.0371. The smallest absolute Gasteiger partial charge is 0.260 e. The average Bonchev–Trinajstić information content (AvgIpc) is 3.21. The molecule has 1 aliphatic heterocycles. The van der Waals surface area contributed by atoms with Crippen LogP contribution in [0.15, 0.2) is 42.7 Å². The third-order valence-electron chi connectivity index (χ3n) is 5.14. The number of amides is 1. The maximum Gasteiger partial charge on any atom is 0.260 e. The predicted molar refractivity (Wildman–Crippen MR) is 96.5 cm³/mol. The number of nitrogens with zero attached hydrogens (tertiary/aromatic N) is 2. The summed E-state index contributed by atoms with van der Waals surface area (Å²) in [6, 6.07) is 10.8. The Hall–Kier alpha value is -2.36. The lowest BCUT2D eigenvalue weighted by Gasteiger charge is -2.23. The highest BCUT2D eigenvalue weighted by Gasteiger charge is 2.31. The molecule has 4 nitrogen and oxygen atoms in total. The maximum absolute atomic E-state index is 13.1. The first-order chi connectivity index (χ1) is 11.7. The largest absolute Gasteiger partial charge is 0.381 e. The first kappa shape index (κ1) is 15.2. The number of carbonyl (C=O) groups is 1. The van der Waals surface area contributed by atoms with Gasteiger partial charge in [-0.05, 0) is 43.9 Å². The number of benzene rings is 1. The Labute approximate surface area is 142 Å². The third-order valence-corrected chi connectivity index (χ3v) is 5.14. The number of nitrogens with one attached hydrogen (secondary N) is 1. The molecule has 2 heterocycles. The van der Waals surface area contributed by atoms with Gasteiger partial charge in [-0.3, -0.25) is 9.78 Å². The second kappa shape index (κ2) is 6.27. The molecular formula is C20H23N3O. The fraction of sp³-hybridized carbons (Fsp3) is 0.400. The Morgan fingerprint density at radius 1 is 1.21 bits per heavy atom. The summed E-state index contributed by atoms with van der Waals surface area (Å²) in [5.41, 5.74) is 3.88. The topological polar surface area (TPSA) is 45.2 Å². The van der Waals surface area contributed by atoms with Crippen LogP contribution in [0.2, 0.25) is 0 Å². The van der Waals surface area contributed by atoms with Crippen LogP contribution in [-0.2, 0) is 6.42 Å². The quantitative estimate of drug-likeness (QED) is 0.928. The van der Waals surface area contributed by atoms with Crippen molar-refractivity contribution in [1.29, 1.82) is 0 Å². The van der Waals surface area contributed by atoms with E-state index in [9.17, 15) is 4.79 Å². The van der Waals surface area contributed by atoms with E-state index >= 15 is 0 Å². The first-order valence-corrected chi connectivity index (χ1v) is 8.85. The van der Waals surface area contributed by atoms with E-state index < -0.39 is 0 Å². The van der Waals surface area contributed by atoms with Crippen molar-refractivity contribution in [3.8, 4) is 0 Å². The van der Waals surface area contributed by atoms with E-state index in [1.54, 1.807) is 6.20 Å². The minimum Gasteiger partial charge on any atom is -0.381 e. The molecule has 1 N–H and O–H groups in total. The van der Waals surface area contributed by atoms with Gasteiger partial charge in [0.15, 0.2) is 0 Å². The molecule has 1 fully saturated rings. The van der Waals surface area contributed by atoms with Crippen LogP contribution >= 0.6 is 0 Å². The van der Waals surface area contributed by atoms with E-state index in [4.69, 9.17) is 0 Å². The van der Waals surface area contributed by atoms with Gasteiger partial charge in [-0.25, -0.2) is 0 Å². The van der Waals surface area contributed by atoms with Crippen molar-refractivity contribution in [3.63, 3.8) is 0 Å². The van der Waals surface area contributed by atoms with E-state index in [0.717, 1.165) is 17.8 Å². The third kappa shape index (κ3) is 2.77. The number of hydrogen-bond acceptors (Lipinski definition) is 3. The second-order valence-electron chi connectivity index (χ2n) is 6.95. The van der Waals surface area contributed by atoms with Gasteiger partial charge >= 0.3 is 0 Å². The SMILES string of the molecule is CC1Cc2ccccc2N1C(=O)c1cncc(NC2CCCC2)c1. The Kier molecular flexibility index (Phi) is 3.97. The lowest BCUT2D eigenvalue weighted by atomic mass is 10.1. The highest BCUT2D eigenvalue weighted by atomic mass is 16.2. The molecule has 0 radical (unpaired) electrons. The summed E-state index contributed by atoms with van der Waals surface area (Å²) in [7, 11) is 0. The van der Waals surface area contributed by atoms with Crippen LogP contribution in [0, 0.1) is 0 Å². The summed E-state index contributed by atoms with van der Waals surface area (Å²) in [4.78, 5) is 19.3. The molecule has 2 aliphatic rings. The van der Waals surface area contributed by atoms with E-state index in [1.807, 2.05) is 35.4 Å². The lowest BCUT2D eigenvalue weighted by Crippen LogP contribution is -2.35. The molecule has 1 saturated carbocycles. The van der Waals surface area contributed by atoms with Crippen molar-refractivity contribution in [2.75, 3.05) is 10.2 Å². The fourth-order valence-corrected chi connectivity index (χ4v) is 3.96. The Balaban J connectivity index is 1.58. The number of carbonyl (C=O) groups excluding carboxylic acids is 1. The zero-order valence-corrected chi connectivity index (χ0v) is 14.0. The Morgan fingerprint density at radius 3 is 2.83 bits per heavy atom. The minimum atomic E-state index is 0.0371. The van der Waals surface area contributed by atoms with Crippen molar-refractivity contribution in [3.05, 3.63) is 53.9 Å². The van der Waals surface area contributed by atoms with Gasteiger partial charge in [-0.2, -0.15) is 0 Å². The van der Waals surface area contributed by atoms with Gasteiger partial charge in [0.25, 0.3) is 5.91 Å². The average molecular weight is 321 g/mol. The highest BCUT2D eigenvalue weighted by Crippen LogP contribution is 2.33. The molecule has 1 aromatic heterocycles. The summed E-state index contributed by atoms with van der Waals surface area (Å²) < 4.78 is 0. The van der Waals surface area contributed by atoms with Gasteiger partial charge in [0, 0.05) is 30.2 Å². The molecule has 0 spiro atoms. The number of rotatable bonds is 3. The van der Waals surface area contributed by atoms with E-state index in [2.05, 4.69) is 23.3 Å². The Morgan fingerprint density at radius 2 is 2.00 bits per heavy atom. The number of fused-ring (bicyclic) bond motifs is 1. The molecule has 1 atom stereocenters. The van der Waals surface area contributed by atoms with Crippen LogP contribution in [0.5, 0.6) is 0 Å². The molecule has 4 heteroatoms. The Bertz CT molecular complexity index is 752. The number of para-hydroxylation sites is 1. The van der Waals surface area contributed by atoms with Crippen LogP contribution in [0.25, 0.3) is 0 Å². The van der Waals surface area contributed by atoms with Crippen LogP contribution in [0.3, 0.4) is 0 Å². The van der Waals surface area contributed by atoms with E-state index in [0.29, 0.717) is 11.6 Å². The zero-order chi connectivity index (χ0) is 16.5. The van der Waals surface area contributed by atoms with Crippen LogP contribution in [0.4, 0.5) is 11.4 Å². The van der Waals surface area contributed by atoms with Crippen LogP contribution in [0.1, 0.15) is 48.5 Å². The van der Waals surface area contributed by atoms with E-state index in [-0.39, 0.29) is 11.9 Å². The highest BCUT2D eigenvalue weighted by molar-refractivity contribution is 6.08. The van der Waals surface area contributed by atoms with Crippen molar-refractivity contribution in [1.82, 2.24) is 4.98 Å². The van der Waals surface area contributed by atoms with Gasteiger partial charge in [-0.1, -0.05) is 31.0 Å². The van der Waals surface area contributed by atoms with Gasteiger partial charge in [0.2, 0.25) is 0 Å². The van der Waals surface area contributed by atoms with Gasteiger partial charge in [0.05, 0.1) is 11.3 Å². The number of hydrogen-bond donors (Lipinski definition) is 1. The second-order valence-corrected chi connectivity index (χ2v) is 6.95. The molecule has 1 aliphatic carbocycles. The van der Waals surface area contributed by atoms with Gasteiger partial charge in [0.1, 0.15) is 0 Å². The van der Waals surface area contributed by atoms with Gasteiger partial charge < -0.3 is 10.2 Å². The van der Waals surface area contributed by atoms with Gasteiger partial charge in [-0.15, -0.1) is 0 Å². The molecule has 1 aromatic carbocycles. The molecule has 24 heavy (non-hydrogen) atoms. The molecule has 4 rings (SSSR count).